The Labute approximate surface area is 120 Å². The molecule has 0 aromatic carbocycles. The molecule has 1 atom stereocenters. The van der Waals surface area contributed by atoms with Crippen molar-refractivity contribution in [2.75, 3.05) is 33.2 Å². The van der Waals surface area contributed by atoms with Crippen LogP contribution in [0.4, 0.5) is 0 Å². The minimum atomic E-state index is 0.795. The highest BCUT2D eigenvalue weighted by molar-refractivity contribution is 5.36. The van der Waals surface area contributed by atoms with E-state index in [1.54, 1.807) is 0 Å². The van der Waals surface area contributed by atoms with Gasteiger partial charge in [0.15, 0.2) is 5.65 Å². The number of hydrogen-bond acceptors (Lipinski definition) is 4. The van der Waals surface area contributed by atoms with Crippen LogP contribution in [0.25, 0.3) is 5.65 Å². The summed E-state index contributed by atoms with van der Waals surface area (Å²) in [4.78, 5) is 2.43. The van der Waals surface area contributed by atoms with E-state index in [2.05, 4.69) is 31.9 Å². The van der Waals surface area contributed by atoms with Gasteiger partial charge < -0.3 is 10.2 Å². The van der Waals surface area contributed by atoms with Gasteiger partial charge in [-0.1, -0.05) is 6.07 Å². The minimum Gasteiger partial charge on any atom is -0.316 e. The Bertz CT molecular complexity index is 550. The lowest BCUT2D eigenvalue weighted by molar-refractivity contribution is 0.206. The van der Waals surface area contributed by atoms with Gasteiger partial charge in [-0.15, -0.1) is 10.2 Å². The van der Waals surface area contributed by atoms with Crippen molar-refractivity contribution >= 4 is 5.65 Å². The molecule has 0 amide bonds. The van der Waals surface area contributed by atoms with Gasteiger partial charge in [0.2, 0.25) is 0 Å². The second-order valence-electron chi connectivity index (χ2n) is 5.77. The van der Waals surface area contributed by atoms with Gasteiger partial charge in [-0.05, 0) is 51.0 Å². The Balaban J connectivity index is 1.46. The molecule has 1 N–H and O–H groups in total. The van der Waals surface area contributed by atoms with Crippen LogP contribution < -0.4 is 5.32 Å². The smallest absolute Gasteiger partial charge is 0.160 e. The van der Waals surface area contributed by atoms with Crippen LogP contribution in [-0.4, -0.2) is 52.7 Å². The quantitative estimate of drug-likeness (QED) is 0.832. The summed E-state index contributed by atoms with van der Waals surface area (Å²) < 4.78 is 2.07. The molecule has 1 saturated heterocycles. The van der Waals surface area contributed by atoms with Gasteiger partial charge in [0.05, 0.1) is 0 Å². The zero-order valence-electron chi connectivity index (χ0n) is 12.1. The molecule has 0 saturated carbocycles. The Morgan fingerprint density at radius 1 is 1.35 bits per heavy atom. The topological polar surface area (TPSA) is 45.5 Å². The highest BCUT2D eigenvalue weighted by Gasteiger charge is 2.16. The molecule has 1 aliphatic heterocycles. The zero-order valence-corrected chi connectivity index (χ0v) is 12.1. The third-order valence-electron chi connectivity index (χ3n) is 4.06. The maximum atomic E-state index is 4.26. The number of aromatic nitrogens is 3. The molecule has 0 bridgehead atoms. The van der Waals surface area contributed by atoms with Gasteiger partial charge in [0.25, 0.3) is 0 Å². The summed E-state index contributed by atoms with van der Waals surface area (Å²) >= 11 is 0. The molecule has 0 aliphatic carbocycles. The minimum absolute atomic E-state index is 0.795. The first-order valence-electron chi connectivity index (χ1n) is 7.51. The molecule has 5 nitrogen and oxygen atoms in total. The maximum Gasteiger partial charge on any atom is 0.160 e. The number of pyridine rings is 1. The molecule has 5 heteroatoms. The van der Waals surface area contributed by atoms with Crippen molar-refractivity contribution < 1.29 is 0 Å². The molecule has 0 radical (unpaired) electrons. The Morgan fingerprint density at radius 3 is 3.20 bits per heavy atom. The standard InChI is InChI=1S/C15H23N5/c1-19-9-4-5-13(12-19)11-16-8-7-15-18-17-14-6-2-3-10-20(14)15/h2-3,6,10,13,16H,4-5,7-9,11-12H2,1H3. The third kappa shape index (κ3) is 3.16. The number of likely N-dealkylation sites (tertiary alicyclic amines) is 1. The van der Waals surface area contributed by atoms with E-state index < -0.39 is 0 Å². The van der Waals surface area contributed by atoms with Crippen molar-refractivity contribution in [2.24, 2.45) is 5.92 Å². The van der Waals surface area contributed by atoms with Crippen molar-refractivity contribution in [1.29, 1.82) is 0 Å². The Morgan fingerprint density at radius 2 is 2.30 bits per heavy atom. The normalized spacial score (nSPS) is 20.6. The lowest BCUT2D eigenvalue weighted by Gasteiger charge is -2.29. The monoisotopic (exact) mass is 273 g/mol. The van der Waals surface area contributed by atoms with E-state index in [0.29, 0.717) is 0 Å². The molecule has 20 heavy (non-hydrogen) atoms. The van der Waals surface area contributed by atoms with E-state index in [1.165, 1.54) is 25.9 Å². The number of nitrogens with zero attached hydrogens (tertiary/aromatic N) is 4. The van der Waals surface area contributed by atoms with E-state index in [9.17, 15) is 0 Å². The van der Waals surface area contributed by atoms with Gasteiger partial charge in [-0.25, -0.2) is 0 Å². The predicted octanol–water partition coefficient (Wildman–Crippen LogP) is 1.20. The summed E-state index contributed by atoms with van der Waals surface area (Å²) in [6, 6.07) is 6.00. The Kier molecular flexibility index (Phi) is 4.28. The van der Waals surface area contributed by atoms with Gasteiger partial charge in [-0.2, -0.15) is 0 Å². The molecular formula is C15H23N5. The van der Waals surface area contributed by atoms with E-state index >= 15 is 0 Å². The second kappa shape index (κ2) is 6.33. The fourth-order valence-corrected chi connectivity index (χ4v) is 3.01. The lowest BCUT2D eigenvalue weighted by Crippen LogP contribution is -2.37. The molecule has 1 fully saturated rings. The van der Waals surface area contributed by atoms with Crippen LogP contribution in [-0.2, 0) is 6.42 Å². The van der Waals surface area contributed by atoms with Crippen molar-refractivity contribution in [3.05, 3.63) is 30.2 Å². The van der Waals surface area contributed by atoms with Crippen molar-refractivity contribution in [3.63, 3.8) is 0 Å². The molecule has 2 aromatic rings. The molecule has 2 aromatic heterocycles. The molecule has 3 rings (SSSR count). The summed E-state index contributed by atoms with van der Waals surface area (Å²) in [6.45, 7) is 4.56. The summed E-state index contributed by atoms with van der Waals surface area (Å²) in [6.07, 6.45) is 5.64. The fourth-order valence-electron chi connectivity index (χ4n) is 3.01. The number of hydrogen-bond donors (Lipinski definition) is 1. The van der Waals surface area contributed by atoms with Crippen molar-refractivity contribution in [1.82, 2.24) is 24.8 Å². The van der Waals surface area contributed by atoms with Crippen molar-refractivity contribution in [3.8, 4) is 0 Å². The van der Waals surface area contributed by atoms with Gasteiger partial charge in [0, 0.05) is 25.7 Å². The van der Waals surface area contributed by atoms with Gasteiger partial charge in [-0.3, -0.25) is 4.40 Å². The summed E-state index contributed by atoms with van der Waals surface area (Å²) in [5.74, 6) is 1.83. The first-order chi connectivity index (χ1) is 9.83. The maximum absolute atomic E-state index is 4.26. The first kappa shape index (κ1) is 13.5. The van der Waals surface area contributed by atoms with E-state index in [0.717, 1.165) is 36.9 Å². The van der Waals surface area contributed by atoms with E-state index in [1.807, 2.05) is 24.4 Å². The average Bonchev–Trinajstić information content (AvgIpc) is 2.87. The summed E-state index contributed by atoms with van der Waals surface area (Å²) in [5.41, 5.74) is 0.927. The molecule has 1 aliphatic rings. The average molecular weight is 273 g/mol. The van der Waals surface area contributed by atoms with Crippen LogP contribution in [0, 0.1) is 5.92 Å². The molecular weight excluding hydrogens is 250 g/mol. The molecule has 108 valence electrons. The largest absolute Gasteiger partial charge is 0.316 e. The third-order valence-corrected chi connectivity index (χ3v) is 4.06. The van der Waals surface area contributed by atoms with Gasteiger partial charge in [0.1, 0.15) is 5.82 Å². The van der Waals surface area contributed by atoms with Crippen molar-refractivity contribution in [2.45, 2.75) is 19.3 Å². The number of nitrogens with one attached hydrogen (secondary N) is 1. The zero-order chi connectivity index (χ0) is 13.8. The van der Waals surface area contributed by atoms with Crippen LogP contribution in [0.5, 0.6) is 0 Å². The molecule has 0 spiro atoms. The van der Waals surface area contributed by atoms with Gasteiger partial charge >= 0.3 is 0 Å². The predicted molar refractivity (Wildman–Crippen MR) is 79.8 cm³/mol. The highest BCUT2D eigenvalue weighted by atomic mass is 15.2. The van der Waals surface area contributed by atoms with Crippen LogP contribution in [0.2, 0.25) is 0 Å². The van der Waals surface area contributed by atoms with Crippen LogP contribution in [0.1, 0.15) is 18.7 Å². The van der Waals surface area contributed by atoms with E-state index in [-0.39, 0.29) is 0 Å². The number of rotatable bonds is 5. The second-order valence-corrected chi connectivity index (χ2v) is 5.77. The summed E-state index contributed by atoms with van der Waals surface area (Å²) in [5, 5.41) is 12.0. The summed E-state index contributed by atoms with van der Waals surface area (Å²) in [7, 11) is 2.22. The lowest BCUT2D eigenvalue weighted by atomic mass is 9.98. The highest BCUT2D eigenvalue weighted by Crippen LogP contribution is 2.13. The molecule has 1 unspecified atom stereocenters. The molecule has 3 heterocycles. The SMILES string of the molecule is CN1CCCC(CNCCc2nnc3ccccn23)C1. The van der Waals surface area contributed by atoms with Crippen LogP contribution >= 0.6 is 0 Å². The fraction of sp³-hybridized carbons (Fsp3) is 0.600. The first-order valence-corrected chi connectivity index (χ1v) is 7.51. The van der Waals surface area contributed by atoms with Crippen LogP contribution in [0.15, 0.2) is 24.4 Å². The number of piperidine rings is 1. The van der Waals surface area contributed by atoms with Crippen LogP contribution in [0.3, 0.4) is 0 Å². The van der Waals surface area contributed by atoms with E-state index in [4.69, 9.17) is 0 Å². The number of fused-ring (bicyclic) bond motifs is 1. The Hall–Kier alpha value is -1.46.